The Labute approximate surface area is 98.9 Å². The van der Waals surface area contributed by atoms with Crippen LogP contribution in [0, 0.1) is 5.41 Å². The molecule has 16 heavy (non-hydrogen) atoms. The SMILES string of the molecule is CC1(C=COC2CCCCC2)C=CC=CC1. The Hall–Kier alpha value is -0.980. The zero-order valence-corrected chi connectivity index (χ0v) is 10.2. The molecule has 0 N–H and O–H groups in total. The Balaban J connectivity index is 1.79. The zero-order chi connectivity index (χ0) is 11.3. The lowest BCUT2D eigenvalue weighted by molar-refractivity contribution is 0.104. The van der Waals surface area contributed by atoms with Gasteiger partial charge in [0.05, 0.1) is 12.4 Å². The third-order valence-corrected chi connectivity index (χ3v) is 3.55. The molecule has 88 valence electrons. The molecule has 0 saturated heterocycles. The van der Waals surface area contributed by atoms with Crippen molar-refractivity contribution in [2.75, 3.05) is 0 Å². The van der Waals surface area contributed by atoms with Crippen molar-refractivity contribution in [1.29, 1.82) is 0 Å². The second-order valence-electron chi connectivity index (χ2n) is 5.20. The van der Waals surface area contributed by atoms with E-state index in [2.05, 4.69) is 37.3 Å². The first-order chi connectivity index (χ1) is 7.79. The van der Waals surface area contributed by atoms with Crippen molar-refractivity contribution >= 4 is 0 Å². The predicted octanol–water partition coefficient (Wildman–Crippen LogP) is 4.37. The molecule has 0 aromatic rings. The van der Waals surface area contributed by atoms with Crippen molar-refractivity contribution in [2.24, 2.45) is 5.41 Å². The van der Waals surface area contributed by atoms with E-state index in [4.69, 9.17) is 4.74 Å². The Morgan fingerprint density at radius 1 is 1.19 bits per heavy atom. The fourth-order valence-electron chi connectivity index (χ4n) is 2.37. The summed E-state index contributed by atoms with van der Waals surface area (Å²) in [4.78, 5) is 0. The highest BCUT2D eigenvalue weighted by molar-refractivity contribution is 5.20. The minimum Gasteiger partial charge on any atom is -0.498 e. The summed E-state index contributed by atoms with van der Waals surface area (Å²) in [5.41, 5.74) is 0.156. The zero-order valence-electron chi connectivity index (χ0n) is 10.2. The Bertz CT molecular complexity index is 295. The van der Waals surface area contributed by atoms with Crippen LogP contribution < -0.4 is 0 Å². The summed E-state index contributed by atoms with van der Waals surface area (Å²) in [6, 6.07) is 0. The van der Waals surface area contributed by atoms with Gasteiger partial charge in [0.2, 0.25) is 0 Å². The van der Waals surface area contributed by atoms with Crippen LogP contribution in [0.4, 0.5) is 0 Å². The number of hydrogen-bond acceptors (Lipinski definition) is 1. The molecule has 2 rings (SSSR count). The van der Waals surface area contributed by atoms with Gasteiger partial charge < -0.3 is 4.74 Å². The van der Waals surface area contributed by atoms with E-state index in [9.17, 15) is 0 Å². The van der Waals surface area contributed by atoms with Crippen molar-refractivity contribution in [3.05, 3.63) is 36.6 Å². The molecule has 1 heteroatoms. The average Bonchev–Trinajstić information content (AvgIpc) is 2.31. The molecule has 0 spiro atoms. The number of allylic oxidation sites excluding steroid dienone is 5. The summed E-state index contributed by atoms with van der Waals surface area (Å²) in [6.45, 7) is 2.24. The van der Waals surface area contributed by atoms with Crippen LogP contribution in [0.2, 0.25) is 0 Å². The number of rotatable bonds is 3. The van der Waals surface area contributed by atoms with E-state index in [1.54, 1.807) is 0 Å². The number of ether oxygens (including phenoxy) is 1. The first-order valence-corrected chi connectivity index (χ1v) is 6.46. The molecule has 0 bridgehead atoms. The third-order valence-electron chi connectivity index (χ3n) is 3.55. The summed E-state index contributed by atoms with van der Waals surface area (Å²) in [6.07, 6.45) is 20.9. The van der Waals surface area contributed by atoms with E-state index in [1.807, 2.05) is 6.26 Å². The molecule has 2 aliphatic carbocycles. The van der Waals surface area contributed by atoms with Crippen LogP contribution in [0.5, 0.6) is 0 Å². The fraction of sp³-hybridized carbons (Fsp3) is 0.600. The smallest absolute Gasteiger partial charge is 0.0978 e. The Morgan fingerprint density at radius 3 is 2.69 bits per heavy atom. The van der Waals surface area contributed by atoms with Gasteiger partial charge in [-0.1, -0.05) is 37.6 Å². The molecular weight excluding hydrogens is 196 g/mol. The molecule has 1 unspecified atom stereocenters. The maximum absolute atomic E-state index is 5.81. The van der Waals surface area contributed by atoms with Gasteiger partial charge in [-0.05, 0) is 38.2 Å². The van der Waals surface area contributed by atoms with Gasteiger partial charge in [0.1, 0.15) is 0 Å². The van der Waals surface area contributed by atoms with Crippen LogP contribution in [-0.2, 0) is 4.74 Å². The molecule has 0 amide bonds. The lowest BCUT2D eigenvalue weighted by Gasteiger charge is -2.24. The van der Waals surface area contributed by atoms with E-state index in [0.717, 1.165) is 6.42 Å². The maximum atomic E-state index is 5.81. The minimum absolute atomic E-state index is 0.156. The van der Waals surface area contributed by atoms with Gasteiger partial charge in [-0.2, -0.15) is 0 Å². The Kier molecular flexibility index (Phi) is 3.87. The highest BCUT2D eigenvalue weighted by Gasteiger charge is 2.18. The minimum atomic E-state index is 0.156. The van der Waals surface area contributed by atoms with Crippen molar-refractivity contribution in [3.63, 3.8) is 0 Å². The quantitative estimate of drug-likeness (QED) is 0.639. The van der Waals surface area contributed by atoms with Gasteiger partial charge in [0, 0.05) is 5.41 Å². The Morgan fingerprint density at radius 2 is 2.00 bits per heavy atom. The molecular formula is C15H22O. The lowest BCUT2D eigenvalue weighted by atomic mass is 9.84. The third kappa shape index (κ3) is 3.26. The van der Waals surface area contributed by atoms with Crippen molar-refractivity contribution in [1.82, 2.24) is 0 Å². The number of hydrogen-bond donors (Lipinski definition) is 0. The molecule has 1 saturated carbocycles. The second kappa shape index (κ2) is 5.38. The van der Waals surface area contributed by atoms with Crippen LogP contribution in [-0.4, -0.2) is 6.10 Å². The molecule has 2 aliphatic rings. The van der Waals surface area contributed by atoms with Crippen molar-refractivity contribution in [2.45, 2.75) is 51.6 Å². The van der Waals surface area contributed by atoms with E-state index in [-0.39, 0.29) is 5.41 Å². The molecule has 1 fully saturated rings. The van der Waals surface area contributed by atoms with Crippen LogP contribution in [0.25, 0.3) is 0 Å². The summed E-state index contributed by atoms with van der Waals surface area (Å²) in [5, 5.41) is 0. The molecule has 0 aromatic carbocycles. The van der Waals surface area contributed by atoms with E-state index >= 15 is 0 Å². The summed E-state index contributed by atoms with van der Waals surface area (Å²) in [5.74, 6) is 0. The average molecular weight is 218 g/mol. The van der Waals surface area contributed by atoms with Crippen molar-refractivity contribution < 1.29 is 4.74 Å². The highest BCUT2D eigenvalue weighted by Crippen LogP contribution is 2.29. The van der Waals surface area contributed by atoms with Gasteiger partial charge >= 0.3 is 0 Å². The van der Waals surface area contributed by atoms with Crippen LogP contribution in [0.3, 0.4) is 0 Å². The molecule has 0 aliphatic heterocycles. The molecule has 0 aromatic heterocycles. The monoisotopic (exact) mass is 218 g/mol. The highest BCUT2D eigenvalue weighted by atomic mass is 16.5. The van der Waals surface area contributed by atoms with Gasteiger partial charge in [-0.25, -0.2) is 0 Å². The van der Waals surface area contributed by atoms with Crippen LogP contribution >= 0.6 is 0 Å². The van der Waals surface area contributed by atoms with Crippen molar-refractivity contribution in [3.8, 4) is 0 Å². The van der Waals surface area contributed by atoms with Crippen LogP contribution in [0.1, 0.15) is 45.4 Å². The topological polar surface area (TPSA) is 9.23 Å². The molecule has 1 nitrogen and oxygen atoms in total. The van der Waals surface area contributed by atoms with E-state index < -0.39 is 0 Å². The molecule has 1 atom stereocenters. The molecule has 0 heterocycles. The van der Waals surface area contributed by atoms with Gasteiger partial charge in [0.15, 0.2) is 0 Å². The fourth-order valence-corrected chi connectivity index (χ4v) is 2.37. The summed E-state index contributed by atoms with van der Waals surface area (Å²) < 4.78 is 5.81. The van der Waals surface area contributed by atoms with E-state index in [0.29, 0.717) is 6.10 Å². The normalized spacial score (nSPS) is 31.1. The second-order valence-corrected chi connectivity index (χ2v) is 5.20. The van der Waals surface area contributed by atoms with Gasteiger partial charge in [0.25, 0.3) is 0 Å². The van der Waals surface area contributed by atoms with Crippen LogP contribution in [0.15, 0.2) is 36.6 Å². The molecule has 0 radical (unpaired) electrons. The standard InChI is InChI=1S/C15H22O/c1-15(10-6-3-7-11-15)12-13-16-14-8-4-2-5-9-14/h3,6-7,10,12-14H,2,4-5,8-9,11H2,1H3. The maximum Gasteiger partial charge on any atom is 0.0978 e. The predicted molar refractivity (Wildman–Crippen MR) is 68.1 cm³/mol. The summed E-state index contributed by atoms with van der Waals surface area (Å²) >= 11 is 0. The largest absolute Gasteiger partial charge is 0.498 e. The first-order valence-electron chi connectivity index (χ1n) is 6.46. The first kappa shape index (κ1) is 11.5. The van der Waals surface area contributed by atoms with E-state index in [1.165, 1.54) is 32.1 Å². The lowest BCUT2D eigenvalue weighted by Crippen LogP contribution is -2.15. The van der Waals surface area contributed by atoms with Gasteiger partial charge in [-0.3, -0.25) is 0 Å². The van der Waals surface area contributed by atoms with Gasteiger partial charge in [-0.15, -0.1) is 0 Å². The summed E-state index contributed by atoms with van der Waals surface area (Å²) in [7, 11) is 0.